The van der Waals surface area contributed by atoms with E-state index in [0.29, 0.717) is 11.1 Å². The highest BCUT2D eigenvalue weighted by molar-refractivity contribution is 6.05. The quantitative estimate of drug-likeness (QED) is 0.907. The molecule has 1 fully saturated rings. The zero-order chi connectivity index (χ0) is 19.6. The molecule has 0 bridgehead atoms. The highest BCUT2D eigenvalue weighted by Crippen LogP contribution is 2.16. The van der Waals surface area contributed by atoms with Crippen LogP contribution in [0.3, 0.4) is 0 Å². The Morgan fingerprint density at radius 1 is 0.963 bits per heavy atom. The number of carbonyl (C=O) groups excluding carboxylic acids is 2. The monoisotopic (exact) mass is 367 g/mol. The first kappa shape index (κ1) is 18.9. The first-order valence-electron chi connectivity index (χ1n) is 9.25. The van der Waals surface area contributed by atoms with Crippen molar-refractivity contribution in [2.75, 3.05) is 18.4 Å². The van der Waals surface area contributed by atoms with Gasteiger partial charge in [-0.25, -0.2) is 0 Å². The molecule has 0 unspecified atom stereocenters. The van der Waals surface area contributed by atoms with Crippen LogP contribution in [0.15, 0.2) is 35.3 Å². The van der Waals surface area contributed by atoms with Crippen LogP contribution in [-0.4, -0.2) is 34.4 Å². The van der Waals surface area contributed by atoms with E-state index in [1.54, 1.807) is 24.1 Å². The van der Waals surface area contributed by atoms with Gasteiger partial charge in [-0.15, -0.1) is 0 Å². The van der Waals surface area contributed by atoms with Crippen molar-refractivity contribution < 1.29 is 9.59 Å². The molecule has 1 aliphatic rings. The van der Waals surface area contributed by atoms with Crippen LogP contribution in [-0.2, 0) is 7.05 Å². The Balaban J connectivity index is 1.87. The van der Waals surface area contributed by atoms with Gasteiger partial charge in [-0.1, -0.05) is 6.07 Å². The standard InChI is InChI=1S/C21H25N3O3/c1-14-7-8-16(11-15(14)2)19(25)22-18-12-17(13-23(3)21(18)27)20(26)24-9-5-4-6-10-24/h7-8,11-13H,4-6,9-10H2,1-3H3,(H,22,25). The summed E-state index contributed by atoms with van der Waals surface area (Å²) in [4.78, 5) is 39.6. The molecule has 0 radical (unpaired) electrons. The third-order valence-corrected chi connectivity index (χ3v) is 5.09. The SMILES string of the molecule is Cc1ccc(C(=O)Nc2cc(C(=O)N3CCCCC3)cn(C)c2=O)cc1C. The lowest BCUT2D eigenvalue weighted by atomic mass is 10.1. The Kier molecular flexibility index (Phi) is 5.44. The summed E-state index contributed by atoms with van der Waals surface area (Å²) in [6.45, 7) is 5.36. The second kappa shape index (κ2) is 7.78. The first-order chi connectivity index (χ1) is 12.9. The number of aromatic nitrogens is 1. The number of likely N-dealkylation sites (tertiary alicyclic amines) is 1. The van der Waals surface area contributed by atoms with Gasteiger partial charge in [-0.3, -0.25) is 14.4 Å². The molecular formula is C21H25N3O3. The summed E-state index contributed by atoms with van der Waals surface area (Å²) in [6, 6.07) is 6.87. The molecule has 0 saturated carbocycles. The summed E-state index contributed by atoms with van der Waals surface area (Å²) in [6.07, 6.45) is 4.65. The number of rotatable bonds is 3. The van der Waals surface area contributed by atoms with Gasteiger partial charge >= 0.3 is 0 Å². The molecule has 0 aliphatic carbocycles. The smallest absolute Gasteiger partial charge is 0.274 e. The molecule has 0 spiro atoms. The fourth-order valence-corrected chi connectivity index (χ4v) is 3.27. The Hall–Kier alpha value is -2.89. The van der Waals surface area contributed by atoms with E-state index in [4.69, 9.17) is 0 Å². The van der Waals surface area contributed by atoms with E-state index in [1.165, 1.54) is 16.8 Å². The van der Waals surface area contributed by atoms with Gasteiger partial charge in [0.15, 0.2) is 0 Å². The number of benzene rings is 1. The average molecular weight is 367 g/mol. The van der Waals surface area contributed by atoms with Crippen molar-refractivity contribution in [2.45, 2.75) is 33.1 Å². The molecule has 6 heteroatoms. The molecule has 0 atom stereocenters. The van der Waals surface area contributed by atoms with Crippen LogP contribution in [0.4, 0.5) is 5.69 Å². The number of amides is 2. The Bertz CT molecular complexity index is 940. The molecule has 2 amide bonds. The number of anilines is 1. The van der Waals surface area contributed by atoms with Gasteiger partial charge in [-0.2, -0.15) is 0 Å². The molecule has 3 rings (SSSR count). The Labute approximate surface area is 158 Å². The first-order valence-corrected chi connectivity index (χ1v) is 9.25. The number of aryl methyl sites for hydroxylation is 3. The van der Waals surface area contributed by atoms with Crippen LogP contribution in [0.25, 0.3) is 0 Å². The van der Waals surface area contributed by atoms with Gasteiger partial charge in [-0.05, 0) is 62.4 Å². The lowest BCUT2D eigenvalue weighted by Gasteiger charge is -2.27. The highest BCUT2D eigenvalue weighted by Gasteiger charge is 2.20. The minimum absolute atomic E-state index is 0.105. The summed E-state index contributed by atoms with van der Waals surface area (Å²) in [5.41, 5.74) is 2.76. The summed E-state index contributed by atoms with van der Waals surface area (Å²) < 4.78 is 1.34. The van der Waals surface area contributed by atoms with Gasteiger partial charge < -0.3 is 14.8 Å². The third kappa shape index (κ3) is 4.10. The second-order valence-corrected chi connectivity index (χ2v) is 7.16. The highest BCUT2D eigenvalue weighted by atomic mass is 16.2. The molecule has 2 aromatic rings. The van der Waals surface area contributed by atoms with Crippen LogP contribution in [0.2, 0.25) is 0 Å². The zero-order valence-corrected chi connectivity index (χ0v) is 16.0. The lowest BCUT2D eigenvalue weighted by Crippen LogP contribution is -2.36. The second-order valence-electron chi connectivity index (χ2n) is 7.16. The van der Waals surface area contributed by atoms with Gasteiger partial charge in [0.1, 0.15) is 5.69 Å². The molecule has 2 heterocycles. The van der Waals surface area contributed by atoms with Crippen LogP contribution in [0.1, 0.15) is 51.1 Å². The Morgan fingerprint density at radius 2 is 1.67 bits per heavy atom. The fraction of sp³-hybridized carbons (Fsp3) is 0.381. The molecule has 142 valence electrons. The topological polar surface area (TPSA) is 71.4 Å². The molecule has 1 N–H and O–H groups in total. The van der Waals surface area contributed by atoms with Crippen molar-refractivity contribution >= 4 is 17.5 Å². The number of hydrogen-bond acceptors (Lipinski definition) is 3. The Morgan fingerprint density at radius 3 is 2.33 bits per heavy atom. The average Bonchev–Trinajstić information content (AvgIpc) is 2.67. The molecular weight excluding hydrogens is 342 g/mol. The van der Waals surface area contributed by atoms with Crippen molar-refractivity contribution in [3.63, 3.8) is 0 Å². The van der Waals surface area contributed by atoms with E-state index < -0.39 is 0 Å². The van der Waals surface area contributed by atoms with Crippen molar-refractivity contribution in [1.29, 1.82) is 0 Å². The van der Waals surface area contributed by atoms with E-state index >= 15 is 0 Å². The number of carbonyl (C=O) groups is 2. The molecule has 1 aliphatic heterocycles. The van der Waals surface area contributed by atoms with Crippen molar-refractivity contribution in [2.24, 2.45) is 7.05 Å². The van der Waals surface area contributed by atoms with E-state index in [2.05, 4.69) is 5.32 Å². The summed E-state index contributed by atoms with van der Waals surface area (Å²) in [7, 11) is 1.58. The van der Waals surface area contributed by atoms with Crippen LogP contribution in [0.5, 0.6) is 0 Å². The zero-order valence-electron chi connectivity index (χ0n) is 16.0. The van der Waals surface area contributed by atoms with Gasteiger partial charge in [0.25, 0.3) is 17.4 Å². The van der Waals surface area contributed by atoms with Crippen LogP contribution >= 0.6 is 0 Å². The van der Waals surface area contributed by atoms with E-state index in [0.717, 1.165) is 43.5 Å². The molecule has 1 saturated heterocycles. The maximum Gasteiger partial charge on any atom is 0.274 e. The number of nitrogens with zero attached hydrogens (tertiary/aromatic N) is 2. The number of pyridine rings is 1. The molecule has 1 aromatic heterocycles. The van der Waals surface area contributed by atoms with Crippen molar-refractivity contribution in [3.05, 3.63) is 63.1 Å². The van der Waals surface area contributed by atoms with Crippen LogP contribution < -0.4 is 10.9 Å². The molecule has 1 aromatic carbocycles. The summed E-state index contributed by atoms with van der Waals surface area (Å²) >= 11 is 0. The van der Waals surface area contributed by atoms with Gasteiger partial charge in [0, 0.05) is 31.9 Å². The minimum atomic E-state index is -0.363. The molecule has 27 heavy (non-hydrogen) atoms. The van der Waals surface area contributed by atoms with E-state index in [-0.39, 0.29) is 23.1 Å². The maximum absolute atomic E-state index is 12.8. The largest absolute Gasteiger partial charge is 0.339 e. The lowest BCUT2D eigenvalue weighted by molar-refractivity contribution is 0.0723. The fourth-order valence-electron chi connectivity index (χ4n) is 3.27. The maximum atomic E-state index is 12.8. The van der Waals surface area contributed by atoms with E-state index in [9.17, 15) is 14.4 Å². The number of nitrogens with one attached hydrogen (secondary N) is 1. The third-order valence-electron chi connectivity index (χ3n) is 5.09. The minimum Gasteiger partial charge on any atom is -0.339 e. The number of piperidine rings is 1. The number of hydrogen-bond donors (Lipinski definition) is 1. The van der Waals surface area contributed by atoms with E-state index in [1.807, 2.05) is 19.9 Å². The van der Waals surface area contributed by atoms with Crippen LogP contribution in [0, 0.1) is 13.8 Å². The van der Waals surface area contributed by atoms with Crippen molar-refractivity contribution in [3.8, 4) is 0 Å². The van der Waals surface area contributed by atoms with Gasteiger partial charge in [0.2, 0.25) is 0 Å². The van der Waals surface area contributed by atoms with Gasteiger partial charge in [0.05, 0.1) is 5.56 Å². The normalized spacial score (nSPS) is 14.1. The summed E-state index contributed by atoms with van der Waals surface area (Å²) in [5, 5.41) is 2.67. The van der Waals surface area contributed by atoms with Crippen molar-refractivity contribution in [1.82, 2.24) is 9.47 Å². The predicted octanol–water partition coefficient (Wildman–Crippen LogP) is 2.88. The molecule has 6 nitrogen and oxygen atoms in total. The predicted molar refractivity (Wildman–Crippen MR) is 105 cm³/mol. The summed E-state index contributed by atoms with van der Waals surface area (Å²) in [5.74, 6) is -0.468.